The molecule has 0 aliphatic rings. The standard InChI is InChI=1S/C10H15ClN2O2S/c1-13(2)7-6-12-16(14,15)10-5-3-4-9(11)8-10/h3-5,8,12H,6-7H2,1-2H3. The number of nitrogens with zero attached hydrogens (tertiary/aromatic N) is 1. The smallest absolute Gasteiger partial charge is 0.240 e. The Labute approximate surface area is 101 Å². The molecule has 0 spiro atoms. The van der Waals surface area contributed by atoms with Crippen molar-refractivity contribution in [2.45, 2.75) is 4.90 Å². The number of sulfonamides is 1. The predicted molar refractivity (Wildman–Crippen MR) is 65.2 cm³/mol. The predicted octanol–water partition coefficient (Wildman–Crippen LogP) is 1.18. The molecule has 1 rings (SSSR count). The van der Waals surface area contributed by atoms with Crippen LogP contribution in [0.2, 0.25) is 5.02 Å². The summed E-state index contributed by atoms with van der Waals surface area (Å²) in [5.41, 5.74) is 0. The summed E-state index contributed by atoms with van der Waals surface area (Å²) in [7, 11) is 0.326. The molecular formula is C10H15ClN2O2S. The molecule has 0 bridgehead atoms. The van der Waals surface area contributed by atoms with Crippen LogP contribution >= 0.6 is 11.6 Å². The Balaban J connectivity index is 2.71. The highest BCUT2D eigenvalue weighted by Crippen LogP contribution is 2.14. The average molecular weight is 263 g/mol. The van der Waals surface area contributed by atoms with Gasteiger partial charge in [0.1, 0.15) is 0 Å². The lowest BCUT2D eigenvalue weighted by molar-refractivity contribution is 0.412. The van der Waals surface area contributed by atoms with Crippen LogP contribution in [0, 0.1) is 0 Å². The maximum atomic E-state index is 11.8. The van der Waals surface area contributed by atoms with Crippen LogP contribution in [0.25, 0.3) is 0 Å². The van der Waals surface area contributed by atoms with Gasteiger partial charge in [-0.25, -0.2) is 13.1 Å². The van der Waals surface area contributed by atoms with Crippen molar-refractivity contribution in [3.05, 3.63) is 29.3 Å². The molecule has 0 unspecified atom stereocenters. The van der Waals surface area contributed by atoms with Gasteiger partial charge in [-0.05, 0) is 32.3 Å². The molecule has 0 saturated heterocycles. The monoisotopic (exact) mass is 262 g/mol. The van der Waals surface area contributed by atoms with Gasteiger partial charge < -0.3 is 4.90 Å². The topological polar surface area (TPSA) is 49.4 Å². The maximum absolute atomic E-state index is 11.8. The van der Waals surface area contributed by atoms with E-state index < -0.39 is 10.0 Å². The molecule has 1 aromatic carbocycles. The van der Waals surface area contributed by atoms with E-state index >= 15 is 0 Å². The first-order chi connectivity index (χ1) is 7.42. The van der Waals surface area contributed by atoms with Crippen molar-refractivity contribution in [3.8, 4) is 0 Å². The van der Waals surface area contributed by atoms with Crippen molar-refractivity contribution in [2.24, 2.45) is 0 Å². The maximum Gasteiger partial charge on any atom is 0.240 e. The Hall–Kier alpha value is -0.620. The zero-order valence-corrected chi connectivity index (χ0v) is 10.8. The summed E-state index contributed by atoms with van der Waals surface area (Å²) in [5.74, 6) is 0. The Kier molecular flexibility index (Phi) is 4.73. The van der Waals surface area contributed by atoms with E-state index in [0.29, 0.717) is 18.1 Å². The third-order valence-electron chi connectivity index (χ3n) is 1.96. The van der Waals surface area contributed by atoms with Gasteiger partial charge >= 0.3 is 0 Å². The summed E-state index contributed by atoms with van der Waals surface area (Å²) in [6.45, 7) is 1.03. The van der Waals surface area contributed by atoms with Crippen molar-refractivity contribution in [2.75, 3.05) is 27.2 Å². The molecule has 1 aromatic rings. The fraction of sp³-hybridized carbons (Fsp3) is 0.400. The second-order valence-corrected chi connectivity index (χ2v) is 5.86. The lowest BCUT2D eigenvalue weighted by Crippen LogP contribution is -2.31. The van der Waals surface area contributed by atoms with E-state index in [4.69, 9.17) is 11.6 Å². The Morgan fingerprint density at radius 1 is 1.38 bits per heavy atom. The van der Waals surface area contributed by atoms with E-state index in [1.807, 2.05) is 19.0 Å². The fourth-order valence-electron chi connectivity index (χ4n) is 1.12. The summed E-state index contributed by atoms with van der Waals surface area (Å²) < 4.78 is 26.1. The minimum absolute atomic E-state index is 0.193. The third-order valence-corrected chi connectivity index (χ3v) is 3.65. The van der Waals surface area contributed by atoms with Gasteiger partial charge in [-0.1, -0.05) is 17.7 Å². The van der Waals surface area contributed by atoms with Gasteiger partial charge in [0.05, 0.1) is 4.90 Å². The highest BCUT2D eigenvalue weighted by atomic mass is 35.5. The summed E-state index contributed by atoms with van der Waals surface area (Å²) in [5, 5.41) is 0.412. The SMILES string of the molecule is CN(C)CCNS(=O)(=O)c1cccc(Cl)c1. The minimum Gasteiger partial charge on any atom is -0.308 e. The van der Waals surface area contributed by atoms with Crippen molar-refractivity contribution in [3.63, 3.8) is 0 Å². The first-order valence-electron chi connectivity index (χ1n) is 4.82. The number of halogens is 1. The quantitative estimate of drug-likeness (QED) is 0.867. The number of likely N-dealkylation sites (N-methyl/N-ethyl adjacent to an activating group) is 1. The van der Waals surface area contributed by atoms with Crippen LogP contribution in [0.5, 0.6) is 0 Å². The van der Waals surface area contributed by atoms with Crippen molar-refractivity contribution >= 4 is 21.6 Å². The van der Waals surface area contributed by atoms with Gasteiger partial charge in [0.2, 0.25) is 10.0 Å². The van der Waals surface area contributed by atoms with Crippen LogP contribution in [0.4, 0.5) is 0 Å². The van der Waals surface area contributed by atoms with Gasteiger partial charge in [-0.3, -0.25) is 0 Å². The molecule has 6 heteroatoms. The van der Waals surface area contributed by atoms with Crippen molar-refractivity contribution in [1.82, 2.24) is 9.62 Å². The molecule has 0 aliphatic heterocycles. The van der Waals surface area contributed by atoms with Crippen molar-refractivity contribution in [1.29, 1.82) is 0 Å². The van der Waals surface area contributed by atoms with Crippen LogP contribution in [-0.4, -0.2) is 40.5 Å². The molecule has 0 aromatic heterocycles. The first kappa shape index (κ1) is 13.4. The molecule has 0 saturated carbocycles. The number of nitrogens with one attached hydrogen (secondary N) is 1. The second-order valence-electron chi connectivity index (χ2n) is 3.66. The second kappa shape index (κ2) is 5.63. The largest absolute Gasteiger partial charge is 0.308 e. The fourth-order valence-corrected chi connectivity index (χ4v) is 2.44. The van der Waals surface area contributed by atoms with Gasteiger partial charge in [0.15, 0.2) is 0 Å². The summed E-state index contributed by atoms with van der Waals surface area (Å²) in [6.07, 6.45) is 0. The summed E-state index contributed by atoms with van der Waals surface area (Å²) >= 11 is 5.73. The summed E-state index contributed by atoms with van der Waals surface area (Å²) in [6, 6.07) is 6.20. The molecule has 0 radical (unpaired) electrons. The molecule has 0 aliphatic carbocycles. The molecular weight excluding hydrogens is 248 g/mol. The van der Waals surface area contributed by atoms with E-state index in [9.17, 15) is 8.42 Å². The van der Waals surface area contributed by atoms with E-state index in [0.717, 1.165) is 0 Å². The highest BCUT2D eigenvalue weighted by molar-refractivity contribution is 7.89. The lowest BCUT2D eigenvalue weighted by atomic mass is 10.4. The van der Waals surface area contributed by atoms with Gasteiger partial charge in [0.25, 0.3) is 0 Å². The van der Waals surface area contributed by atoms with Crippen molar-refractivity contribution < 1.29 is 8.42 Å². The number of rotatable bonds is 5. The van der Waals surface area contributed by atoms with Crippen LogP contribution in [0.1, 0.15) is 0 Å². The number of hydrogen-bond acceptors (Lipinski definition) is 3. The van der Waals surface area contributed by atoms with E-state index in [1.54, 1.807) is 12.1 Å². The van der Waals surface area contributed by atoms with E-state index in [2.05, 4.69) is 4.72 Å². The molecule has 16 heavy (non-hydrogen) atoms. The molecule has 0 amide bonds. The highest BCUT2D eigenvalue weighted by Gasteiger charge is 2.13. The molecule has 4 nitrogen and oxygen atoms in total. The average Bonchev–Trinajstić information content (AvgIpc) is 2.16. The Morgan fingerprint density at radius 2 is 2.06 bits per heavy atom. The lowest BCUT2D eigenvalue weighted by Gasteiger charge is -2.11. The normalized spacial score (nSPS) is 12.0. The summed E-state index contributed by atoms with van der Waals surface area (Å²) in [4.78, 5) is 2.10. The van der Waals surface area contributed by atoms with E-state index in [1.165, 1.54) is 12.1 Å². The van der Waals surface area contributed by atoms with Crippen LogP contribution in [0.3, 0.4) is 0 Å². The Morgan fingerprint density at radius 3 is 2.62 bits per heavy atom. The first-order valence-corrected chi connectivity index (χ1v) is 6.68. The molecule has 1 N–H and O–H groups in total. The number of benzene rings is 1. The van der Waals surface area contributed by atoms with Crippen LogP contribution < -0.4 is 4.72 Å². The number of hydrogen-bond donors (Lipinski definition) is 1. The van der Waals surface area contributed by atoms with Gasteiger partial charge in [-0.15, -0.1) is 0 Å². The zero-order chi connectivity index (χ0) is 12.2. The van der Waals surface area contributed by atoms with Gasteiger partial charge in [-0.2, -0.15) is 0 Å². The molecule has 0 atom stereocenters. The minimum atomic E-state index is -3.44. The molecule has 0 fully saturated rings. The van der Waals surface area contributed by atoms with E-state index in [-0.39, 0.29) is 4.90 Å². The van der Waals surface area contributed by atoms with Crippen LogP contribution in [0.15, 0.2) is 29.2 Å². The van der Waals surface area contributed by atoms with Gasteiger partial charge in [0, 0.05) is 18.1 Å². The zero-order valence-electron chi connectivity index (χ0n) is 9.27. The third kappa shape index (κ3) is 4.09. The Bertz CT molecular complexity index is 446. The molecule has 0 heterocycles. The van der Waals surface area contributed by atoms with Crippen LogP contribution in [-0.2, 0) is 10.0 Å². The molecule has 90 valence electrons.